The summed E-state index contributed by atoms with van der Waals surface area (Å²) in [6.07, 6.45) is 2.43. The highest BCUT2D eigenvalue weighted by molar-refractivity contribution is 5.53. The van der Waals surface area contributed by atoms with Crippen molar-refractivity contribution in [3.8, 4) is 0 Å². The van der Waals surface area contributed by atoms with Gasteiger partial charge in [-0.3, -0.25) is 0 Å². The van der Waals surface area contributed by atoms with Gasteiger partial charge in [0.25, 0.3) is 0 Å². The van der Waals surface area contributed by atoms with Crippen molar-refractivity contribution < 1.29 is 4.74 Å². The maximum absolute atomic E-state index is 5.68. The van der Waals surface area contributed by atoms with Gasteiger partial charge in [0.05, 0.1) is 12.7 Å². The zero-order chi connectivity index (χ0) is 10.5. The molecule has 0 aromatic heterocycles. The third-order valence-electron chi connectivity index (χ3n) is 2.63. The number of nitrogens with one attached hydrogen (secondary N) is 1. The number of hydrogen-bond donors (Lipinski definition) is 1. The van der Waals surface area contributed by atoms with Gasteiger partial charge < -0.3 is 10.1 Å². The second-order valence-electron chi connectivity index (χ2n) is 3.86. The molecule has 0 radical (unpaired) electrons. The fourth-order valence-corrected chi connectivity index (χ4v) is 1.76. The molecule has 2 rings (SSSR count). The minimum Gasteiger partial charge on any atom is -0.371 e. The summed E-state index contributed by atoms with van der Waals surface area (Å²) >= 11 is 0. The van der Waals surface area contributed by atoms with Crippen LogP contribution in [0.3, 0.4) is 0 Å². The van der Waals surface area contributed by atoms with E-state index in [0.29, 0.717) is 0 Å². The van der Waals surface area contributed by atoms with Gasteiger partial charge in [-0.25, -0.2) is 0 Å². The molecule has 80 valence electrons. The van der Waals surface area contributed by atoms with E-state index in [9.17, 15) is 0 Å². The first-order chi connectivity index (χ1) is 7.36. The van der Waals surface area contributed by atoms with Crippen LogP contribution >= 0.6 is 0 Å². The number of morpholine rings is 1. The van der Waals surface area contributed by atoms with Crippen LogP contribution in [-0.4, -0.2) is 25.8 Å². The second kappa shape index (κ2) is 5.10. The molecule has 0 spiro atoms. The molecule has 15 heavy (non-hydrogen) atoms. The minimum atomic E-state index is 0.235. The van der Waals surface area contributed by atoms with Crippen LogP contribution in [0.5, 0.6) is 0 Å². The smallest absolute Gasteiger partial charge is 0.0910 e. The van der Waals surface area contributed by atoms with Crippen LogP contribution in [0.2, 0.25) is 0 Å². The van der Waals surface area contributed by atoms with Crippen molar-refractivity contribution in [2.45, 2.75) is 13.0 Å². The molecule has 2 heteroatoms. The monoisotopic (exact) mass is 203 g/mol. The lowest BCUT2D eigenvalue weighted by molar-refractivity contribution is 0.0525. The Morgan fingerprint density at radius 1 is 1.40 bits per heavy atom. The minimum absolute atomic E-state index is 0.235. The summed E-state index contributed by atoms with van der Waals surface area (Å²) in [5.41, 5.74) is 2.53. The van der Waals surface area contributed by atoms with E-state index in [1.165, 1.54) is 11.1 Å². The maximum atomic E-state index is 5.68. The van der Waals surface area contributed by atoms with Gasteiger partial charge in [-0.05, 0) is 18.1 Å². The molecule has 1 aliphatic heterocycles. The van der Waals surface area contributed by atoms with Crippen LogP contribution in [0.1, 0.15) is 12.5 Å². The lowest BCUT2D eigenvalue weighted by Crippen LogP contribution is -2.39. The second-order valence-corrected chi connectivity index (χ2v) is 3.86. The SMILES string of the molecule is CC(=Cc1ccccc1)C1CNCCO1. The summed E-state index contributed by atoms with van der Waals surface area (Å²) in [4.78, 5) is 0. The zero-order valence-corrected chi connectivity index (χ0v) is 9.07. The highest BCUT2D eigenvalue weighted by Gasteiger charge is 2.14. The largest absolute Gasteiger partial charge is 0.371 e. The quantitative estimate of drug-likeness (QED) is 0.794. The van der Waals surface area contributed by atoms with Crippen LogP contribution in [0.25, 0.3) is 6.08 Å². The summed E-state index contributed by atoms with van der Waals surface area (Å²) in [7, 11) is 0. The molecule has 0 amide bonds. The fraction of sp³-hybridized carbons (Fsp3) is 0.385. The number of ether oxygens (including phenoxy) is 1. The molecule has 1 aromatic carbocycles. The Morgan fingerprint density at radius 3 is 2.87 bits per heavy atom. The highest BCUT2D eigenvalue weighted by atomic mass is 16.5. The average molecular weight is 203 g/mol. The van der Waals surface area contributed by atoms with Crippen LogP contribution in [-0.2, 0) is 4.74 Å². The summed E-state index contributed by atoms with van der Waals surface area (Å²) in [5, 5.41) is 3.34. The molecule has 1 aliphatic rings. The van der Waals surface area contributed by atoms with Crippen LogP contribution in [0.4, 0.5) is 0 Å². The Hall–Kier alpha value is -1.12. The van der Waals surface area contributed by atoms with Crippen molar-refractivity contribution >= 4 is 6.08 Å². The van der Waals surface area contributed by atoms with Gasteiger partial charge in [0.15, 0.2) is 0 Å². The third-order valence-corrected chi connectivity index (χ3v) is 2.63. The van der Waals surface area contributed by atoms with Gasteiger partial charge in [0, 0.05) is 13.1 Å². The van der Waals surface area contributed by atoms with Gasteiger partial charge in [0.1, 0.15) is 0 Å². The molecule has 1 unspecified atom stereocenters. The van der Waals surface area contributed by atoms with Crippen molar-refractivity contribution in [3.05, 3.63) is 41.5 Å². The predicted octanol–water partition coefficient (Wildman–Crippen LogP) is 2.08. The van der Waals surface area contributed by atoms with Gasteiger partial charge >= 0.3 is 0 Å². The molecule has 1 saturated heterocycles. The lowest BCUT2D eigenvalue weighted by atomic mass is 10.1. The maximum Gasteiger partial charge on any atom is 0.0910 e. The van der Waals surface area contributed by atoms with E-state index in [4.69, 9.17) is 4.74 Å². The molecule has 0 aliphatic carbocycles. The zero-order valence-electron chi connectivity index (χ0n) is 9.07. The molecule has 1 atom stereocenters. The van der Waals surface area contributed by atoms with Crippen LogP contribution in [0.15, 0.2) is 35.9 Å². The molecule has 0 saturated carbocycles. The van der Waals surface area contributed by atoms with Crippen molar-refractivity contribution in [2.75, 3.05) is 19.7 Å². The van der Waals surface area contributed by atoms with Crippen molar-refractivity contribution in [1.29, 1.82) is 0 Å². The normalized spacial score (nSPS) is 22.7. The Morgan fingerprint density at radius 2 is 2.20 bits per heavy atom. The Kier molecular flexibility index (Phi) is 3.54. The molecule has 1 fully saturated rings. The van der Waals surface area contributed by atoms with E-state index in [1.54, 1.807) is 0 Å². The Bertz CT molecular complexity index is 326. The van der Waals surface area contributed by atoms with E-state index < -0.39 is 0 Å². The predicted molar refractivity (Wildman–Crippen MR) is 62.7 cm³/mol. The van der Waals surface area contributed by atoms with Gasteiger partial charge in [-0.15, -0.1) is 0 Å². The molecule has 2 nitrogen and oxygen atoms in total. The molecular formula is C13H17NO. The van der Waals surface area contributed by atoms with E-state index >= 15 is 0 Å². The molecule has 1 aromatic rings. The van der Waals surface area contributed by atoms with Gasteiger partial charge in [0.2, 0.25) is 0 Å². The summed E-state index contributed by atoms with van der Waals surface area (Å²) < 4.78 is 5.68. The molecule has 1 heterocycles. The van der Waals surface area contributed by atoms with E-state index in [2.05, 4.69) is 42.6 Å². The molecule has 0 bridgehead atoms. The van der Waals surface area contributed by atoms with Gasteiger partial charge in [-0.2, -0.15) is 0 Å². The van der Waals surface area contributed by atoms with Crippen LogP contribution in [0, 0.1) is 0 Å². The summed E-state index contributed by atoms with van der Waals surface area (Å²) in [5.74, 6) is 0. The lowest BCUT2D eigenvalue weighted by Gasteiger charge is -2.24. The standard InChI is InChI=1S/C13H17NO/c1-11(13-10-14-7-8-15-13)9-12-5-3-2-4-6-12/h2-6,9,13-14H,7-8,10H2,1H3. The number of hydrogen-bond acceptors (Lipinski definition) is 2. The van der Waals surface area contributed by atoms with Crippen LogP contribution < -0.4 is 5.32 Å². The van der Waals surface area contributed by atoms with E-state index in [1.807, 2.05) is 6.07 Å². The number of benzene rings is 1. The summed E-state index contributed by atoms with van der Waals surface area (Å²) in [6, 6.07) is 10.4. The van der Waals surface area contributed by atoms with Crippen molar-refractivity contribution in [2.24, 2.45) is 0 Å². The first kappa shape index (κ1) is 10.4. The molecule has 1 N–H and O–H groups in total. The number of rotatable bonds is 2. The Labute approximate surface area is 91.0 Å². The van der Waals surface area contributed by atoms with Crippen molar-refractivity contribution in [3.63, 3.8) is 0 Å². The van der Waals surface area contributed by atoms with Gasteiger partial charge in [-0.1, -0.05) is 36.4 Å². The average Bonchev–Trinajstić information content (AvgIpc) is 2.31. The topological polar surface area (TPSA) is 21.3 Å². The Balaban J connectivity index is 2.06. The van der Waals surface area contributed by atoms with E-state index in [-0.39, 0.29) is 6.10 Å². The summed E-state index contributed by atoms with van der Waals surface area (Å²) in [6.45, 7) is 4.83. The van der Waals surface area contributed by atoms with E-state index in [0.717, 1.165) is 19.7 Å². The first-order valence-electron chi connectivity index (χ1n) is 5.42. The first-order valence-corrected chi connectivity index (χ1v) is 5.42. The molecular weight excluding hydrogens is 186 g/mol. The highest BCUT2D eigenvalue weighted by Crippen LogP contribution is 2.13. The fourth-order valence-electron chi connectivity index (χ4n) is 1.76. The van der Waals surface area contributed by atoms with Crippen molar-refractivity contribution in [1.82, 2.24) is 5.32 Å². The third kappa shape index (κ3) is 2.91.